The van der Waals surface area contributed by atoms with Gasteiger partial charge in [-0.2, -0.15) is 0 Å². The first-order valence-electron chi connectivity index (χ1n) is 15.9. The zero-order chi connectivity index (χ0) is 31.9. The molecule has 7 nitrogen and oxygen atoms in total. The maximum atomic E-state index is 14.6. The van der Waals surface area contributed by atoms with Crippen molar-refractivity contribution in [2.24, 2.45) is 4.99 Å². The Balaban J connectivity index is 1.39. The van der Waals surface area contributed by atoms with Gasteiger partial charge in [0.2, 0.25) is 5.90 Å². The number of carbonyl (C=O) groups is 1. The fourth-order valence-electron chi connectivity index (χ4n) is 6.21. The van der Waals surface area contributed by atoms with Crippen molar-refractivity contribution in [3.05, 3.63) is 124 Å². The molecule has 1 saturated carbocycles. The fraction of sp³-hybridized carbons (Fsp3) is 0.316. The summed E-state index contributed by atoms with van der Waals surface area (Å²) in [5.41, 5.74) is 3.45. The molecule has 0 aromatic heterocycles. The molecule has 3 N–H and O–H groups in total. The smallest absolute Gasteiger partial charge is 0.252 e. The second-order valence-electron chi connectivity index (χ2n) is 12.1. The standard InChI is InChI=1S/C38H39BrN2O5/c39-31-15-7-26(8-16-31)25-38(37(44)40-32-17-19-33(43)20-18-32)35(29-11-9-28(10-12-29)27-5-2-1-3-6-27)46-36(41-38)30-13-21-34(22-14-30)45-24-4-23-42/h1-3,5-16,21-22,32-33,35,42-43H,4,17-20,23-25H2,(H,40,44)/t32?,33?,35-,38-/m1/s1. The van der Waals surface area contributed by atoms with Gasteiger partial charge < -0.3 is 25.0 Å². The van der Waals surface area contributed by atoms with Gasteiger partial charge in [-0.3, -0.25) is 4.79 Å². The number of nitrogens with one attached hydrogen (secondary N) is 1. The van der Waals surface area contributed by atoms with E-state index in [1.807, 2.05) is 78.9 Å². The van der Waals surface area contributed by atoms with Gasteiger partial charge in [-0.15, -0.1) is 0 Å². The molecule has 1 aliphatic heterocycles. The number of nitrogens with zero attached hydrogens (tertiary/aromatic N) is 1. The summed E-state index contributed by atoms with van der Waals surface area (Å²) in [5, 5.41) is 22.5. The van der Waals surface area contributed by atoms with Crippen LogP contribution in [0.15, 0.2) is 113 Å². The third-order valence-corrected chi connectivity index (χ3v) is 9.30. The highest BCUT2D eigenvalue weighted by molar-refractivity contribution is 9.10. The lowest BCUT2D eigenvalue weighted by atomic mass is 9.81. The molecule has 0 bridgehead atoms. The van der Waals surface area contributed by atoms with Gasteiger partial charge in [0.15, 0.2) is 11.6 Å². The third-order valence-electron chi connectivity index (χ3n) is 8.77. The van der Waals surface area contributed by atoms with Crippen molar-refractivity contribution >= 4 is 27.7 Å². The number of hydrogen-bond acceptors (Lipinski definition) is 6. The number of aliphatic hydroxyl groups excluding tert-OH is 2. The van der Waals surface area contributed by atoms with Crippen LogP contribution < -0.4 is 10.1 Å². The fourth-order valence-corrected chi connectivity index (χ4v) is 6.47. The van der Waals surface area contributed by atoms with Crippen LogP contribution in [0.3, 0.4) is 0 Å². The molecule has 0 unspecified atom stereocenters. The van der Waals surface area contributed by atoms with Crippen molar-refractivity contribution in [2.45, 2.75) is 62.3 Å². The number of hydrogen-bond donors (Lipinski definition) is 3. The van der Waals surface area contributed by atoms with Gasteiger partial charge in [-0.05, 0) is 84.3 Å². The van der Waals surface area contributed by atoms with Crippen molar-refractivity contribution in [3.63, 3.8) is 0 Å². The first-order valence-corrected chi connectivity index (χ1v) is 16.7. The molecule has 0 spiro atoms. The number of carbonyl (C=O) groups excluding carboxylic acids is 1. The van der Waals surface area contributed by atoms with E-state index in [0.29, 0.717) is 56.8 Å². The summed E-state index contributed by atoms with van der Waals surface area (Å²) in [6, 6.07) is 33.8. The Bertz CT molecular complexity index is 1620. The van der Waals surface area contributed by atoms with E-state index in [1.165, 1.54) is 0 Å². The summed E-state index contributed by atoms with van der Waals surface area (Å²) < 4.78 is 13.4. The number of ether oxygens (including phenoxy) is 2. The molecule has 2 atom stereocenters. The predicted molar refractivity (Wildman–Crippen MR) is 183 cm³/mol. The zero-order valence-electron chi connectivity index (χ0n) is 25.6. The quantitative estimate of drug-likeness (QED) is 0.151. The van der Waals surface area contributed by atoms with Crippen molar-refractivity contribution in [3.8, 4) is 16.9 Å². The summed E-state index contributed by atoms with van der Waals surface area (Å²) in [5.74, 6) is 0.889. The van der Waals surface area contributed by atoms with E-state index in [1.54, 1.807) is 0 Å². The average molecular weight is 684 g/mol. The molecule has 238 valence electrons. The largest absolute Gasteiger partial charge is 0.494 e. The Labute approximate surface area is 278 Å². The maximum absolute atomic E-state index is 14.6. The minimum atomic E-state index is -1.29. The molecule has 0 radical (unpaired) electrons. The second kappa shape index (κ2) is 14.6. The van der Waals surface area contributed by atoms with Crippen LogP contribution in [0.4, 0.5) is 0 Å². The Morgan fingerprint density at radius 2 is 1.52 bits per heavy atom. The van der Waals surface area contributed by atoms with Crippen LogP contribution in [0.5, 0.6) is 5.75 Å². The molecule has 1 amide bonds. The highest BCUT2D eigenvalue weighted by Crippen LogP contribution is 2.43. The highest BCUT2D eigenvalue weighted by atomic mass is 79.9. The number of amides is 1. The van der Waals surface area contributed by atoms with Gasteiger partial charge in [0, 0.05) is 35.5 Å². The lowest BCUT2D eigenvalue weighted by Gasteiger charge is -2.34. The van der Waals surface area contributed by atoms with E-state index in [9.17, 15) is 9.90 Å². The van der Waals surface area contributed by atoms with Crippen LogP contribution in [0.2, 0.25) is 0 Å². The van der Waals surface area contributed by atoms with E-state index < -0.39 is 11.6 Å². The van der Waals surface area contributed by atoms with Crippen LogP contribution in [-0.2, 0) is 16.0 Å². The monoisotopic (exact) mass is 682 g/mol. The van der Waals surface area contributed by atoms with Crippen molar-refractivity contribution in [2.75, 3.05) is 13.2 Å². The summed E-state index contributed by atoms with van der Waals surface area (Å²) in [6.07, 6.45) is 2.62. The molecule has 4 aromatic carbocycles. The Morgan fingerprint density at radius 3 is 2.20 bits per heavy atom. The van der Waals surface area contributed by atoms with E-state index in [-0.39, 0.29) is 24.7 Å². The number of halogens is 1. The van der Waals surface area contributed by atoms with E-state index in [4.69, 9.17) is 19.6 Å². The van der Waals surface area contributed by atoms with Crippen molar-refractivity contribution in [1.82, 2.24) is 5.32 Å². The first-order chi connectivity index (χ1) is 22.4. The van der Waals surface area contributed by atoms with Crippen LogP contribution in [0.25, 0.3) is 11.1 Å². The molecule has 1 fully saturated rings. The Morgan fingerprint density at radius 1 is 0.870 bits per heavy atom. The summed E-state index contributed by atoms with van der Waals surface area (Å²) in [4.78, 5) is 19.8. The number of aliphatic hydroxyl groups is 2. The van der Waals surface area contributed by atoms with Gasteiger partial charge in [-0.1, -0.05) is 82.7 Å². The summed E-state index contributed by atoms with van der Waals surface area (Å²) >= 11 is 3.54. The Kier molecular flexibility index (Phi) is 10.2. The molecule has 4 aromatic rings. The zero-order valence-corrected chi connectivity index (χ0v) is 27.2. The predicted octanol–water partition coefficient (Wildman–Crippen LogP) is 6.80. The minimum Gasteiger partial charge on any atom is -0.494 e. The van der Waals surface area contributed by atoms with Crippen LogP contribution >= 0.6 is 15.9 Å². The minimum absolute atomic E-state index is 0.0478. The highest BCUT2D eigenvalue weighted by Gasteiger charge is 2.53. The molecular formula is C38H39BrN2O5. The lowest BCUT2D eigenvalue weighted by Crippen LogP contribution is -2.53. The van der Waals surface area contributed by atoms with E-state index in [2.05, 4.69) is 45.5 Å². The molecule has 1 aliphatic carbocycles. The van der Waals surface area contributed by atoms with E-state index in [0.717, 1.165) is 32.3 Å². The number of benzene rings is 4. The topological polar surface area (TPSA) is 100 Å². The normalized spacial score (nSPS) is 22.5. The third kappa shape index (κ3) is 7.35. The molecule has 8 heteroatoms. The van der Waals surface area contributed by atoms with Crippen molar-refractivity contribution in [1.29, 1.82) is 0 Å². The van der Waals surface area contributed by atoms with Gasteiger partial charge in [-0.25, -0.2) is 4.99 Å². The molecule has 0 saturated heterocycles. The van der Waals surface area contributed by atoms with Crippen LogP contribution in [0.1, 0.15) is 54.9 Å². The molecule has 2 aliphatic rings. The lowest BCUT2D eigenvalue weighted by molar-refractivity contribution is -0.130. The van der Waals surface area contributed by atoms with E-state index >= 15 is 0 Å². The number of rotatable bonds is 11. The van der Waals surface area contributed by atoms with Gasteiger partial charge in [0.1, 0.15) is 5.75 Å². The SMILES string of the molecule is O=C(NC1CCC(O)CC1)[C@]1(Cc2ccc(Br)cc2)N=C(c2ccc(OCCCO)cc2)O[C@@H]1c1ccc(-c2ccccc2)cc1. The van der Waals surface area contributed by atoms with Crippen molar-refractivity contribution < 1.29 is 24.5 Å². The van der Waals surface area contributed by atoms with Gasteiger partial charge in [0.25, 0.3) is 5.91 Å². The summed E-state index contributed by atoms with van der Waals surface area (Å²) in [7, 11) is 0. The van der Waals surface area contributed by atoms with Gasteiger partial charge in [0.05, 0.1) is 12.7 Å². The number of aliphatic imine (C=N–C) groups is 1. The average Bonchev–Trinajstić information content (AvgIpc) is 3.48. The Hall–Kier alpha value is -3.98. The maximum Gasteiger partial charge on any atom is 0.252 e. The molecule has 1 heterocycles. The van der Waals surface area contributed by atoms with Crippen LogP contribution in [0, 0.1) is 0 Å². The molecular weight excluding hydrogens is 644 g/mol. The first kappa shape index (κ1) is 32.0. The van der Waals surface area contributed by atoms with Gasteiger partial charge >= 0.3 is 0 Å². The molecule has 6 rings (SSSR count). The van der Waals surface area contributed by atoms with Crippen LogP contribution in [-0.4, -0.2) is 52.9 Å². The summed E-state index contributed by atoms with van der Waals surface area (Å²) in [6.45, 7) is 0.489. The second-order valence-corrected chi connectivity index (χ2v) is 13.0. The molecule has 46 heavy (non-hydrogen) atoms.